The third kappa shape index (κ3) is 3.29. The molecule has 0 unspecified atom stereocenters. The van der Waals surface area contributed by atoms with Crippen molar-refractivity contribution in [3.8, 4) is 0 Å². The molecule has 0 fully saturated rings. The molecule has 1 aliphatic heterocycles. The third-order valence-electron chi connectivity index (χ3n) is 3.65. The van der Waals surface area contributed by atoms with Crippen molar-refractivity contribution in [2.45, 2.75) is 19.8 Å². The van der Waals surface area contributed by atoms with Gasteiger partial charge in [-0.15, -0.1) is 0 Å². The van der Waals surface area contributed by atoms with Crippen molar-refractivity contribution in [1.29, 1.82) is 0 Å². The molecule has 0 amide bonds. The number of rotatable bonds is 3. The van der Waals surface area contributed by atoms with E-state index in [1.54, 1.807) is 32.2 Å². The Labute approximate surface area is 142 Å². The molecular formula is C16H17BrN2O4. The zero-order valence-electron chi connectivity index (χ0n) is 13.3. The van der Waals surface area contributed by atoms with Crippen LogP contribution in [-0.4, -0.2) is 31.1 Å². The van der Waals surface area contributed by atoms with E-state index >= 15 is 0 Å². The topological polar surface area (TPSA) is 77.5 Å². The van der Waals surface area contributed by atoms with Gasteiger partial charge in [-0.2, -0.15) is 0 Å². The first-order valence-electron chi connectivity index (χ1n) is 6.87. The van der Waals surface area contributed by atoms with E-state index in [0.717, 1.165) is 0 Å². The number of carbonyl (C=O) groups excluding carboxylic acids is 2. The molecule has 1 aromatic heterocycles. The van der Waals surface area contributed by atoms with Crippen LogP contribution in [0.4, 0.5) is 0 Å². The van der Waals surface area contributed by atoms with Crippen LogP contribution in [0.5, 0.6) is 0 Å². The van der Waals surface area contributed by atoms with Crippen LogP contribution in [0.1, 0.15) is 25.3 Å². The highest BCUT2D eigenvalue weighted by molar-refractivity contribution is 9.10. The average molecular weight is 381 g/mol. The van der Waals surface area contributed by atoms with Crippen molar-refractivity contribution in [3.05, 3.63) is 51.0 Å². The lowest BCUT2D eigenvalue weighted by Gasteiger charge is -2.29. The van der Waals surface area contributed by atoms with Crippen LogP contribution >= 0.6 is 15.9 Å². The summed E-state index contributed by atoms with van der Waals surface area (Å²) in [5, 5.41) is 3.05. The molecule has 0 radical (unpaired) electrons. The summed E-state index contributed by atoms with van der Waals surface area (Å²) in [6.45, 7) is 3.53. The minimum atomic E-state index is -0.600. The summed E-state index contributed by atoms with van der Waals surface area (Å²) in [6.07, 6.45) is 1.62. The number of ether oxygens (including phenoxy) is 2. The molecule has 0 spiro atoms. The molecule has 2 rings (SSSR count). The third-order valence-corrected chi connectivity index (χ3v) is 4.12. The van der Waals surface area contributed by atoms with E-state index in [2.05, 4.69) is 26.2 Å². The van der Waals surface area contributed by atoms with Crippen LogP contribution in [0, 0.1) is 0 Å². The minimum Gasteiger partial charge on any atom is -0.466 e. The molecule has 0 atom stereocenters. The summed E-state index contributed by atoms with van der Waals surface area (Å²) in [7, 11) is 2.62. The lowest BCUT2D eigenvalue weighted by atomic mass is 9.81. The van der Waals surface area contributed by atoms with Gasteiger partial charge in [-0.3, -0.25) is 0 Å². The number of pyridine rings is 1. The van der Waals surface area contributed by atoms with Crippen LogP contribution < -0.4 is 5.32 Å². The van der Waals surface area contributed by atoms with E-state index in [1.807, 2.05) is 0 Å². The summed E-state index contributed by atoms with van der Waals surface area (Å²) in [5.74, 6) is -1.61. The molecule has 6 nitrogen and oxygen atoms in total. The molecule has 1 aromatic rings. The summed E-state index contributed by atoms with van der Waals surface area (Å²) in [5.41, 5.74) is 2.70. The van der Waals surface area contributed by atoms with Gasteiger partial charge < -0.3 is 14.8 Å². The van der Waals surface area contributed by atoms with Crippen LogP contribution in [0.3, 0.4) is 0 Å². The second-order valence-electron chi connectivity index (χ2n) is 5.03. The maximum Gasteiger partial charge on any atom is 0.336 e. The first kappa shape index (κ1) is 17.2. The predicted octanol–water partition coefficient (Wildman–Crippen LogP) is 2.42. The van der Waals surface area contributed by atoms with Gasteiger partial charge in [0, 0.05) is 17.6 Å². The highest BCUT2D eigenvalue weighted by atomic mass is 79.9. The largest absolute Gasteiger partial charge is 0.466 e. The normalized spacial score (nSPS) is 15.3. The summed E-state index contributed by atoms with van der Waals surface area (Å²) in [4.78, 5) is 28.7. The second-order valence-corrected chi connectivity index (χ2v) is 5.85. The fraction of sp³-hybridized carbons (Fsp3) is 0.312. The Morgan fingerprint density at radius 1 is 1.09 bits per heavy atom. The summed E-state index contributed by atoms with van der Waals surface area (Å²) >= 11 is 3.28. The van der Waals surface area contributed by atoms with Gasteiger partial charge in [0.05, 0.1) is 31.3 Å². The van der Waals surface area contributed by atoms with E-state index in [0.29, 0.717) is 32.7 Å². The number of aromatic nitrogens is 1. The molecule has 0 aromatic carbocycles. The lowest BCUT2D eigenvalue weighted by molar-refractivity contribution is -0.137. The van der Waals surface area contributed by atoms with E-state index < -0.39 is 17.9 Å². The standard InChI is InChI=1S/C16H17BrN2O4/c1-8-12(15(20)22-3)14(10-5-6-11(17)18-7-10)13(9(2)19-8)16(21)23-4/h5-7,14,19H,1-4H3. The number of esters is 2. The Morgan fingerprint density at radius 2 is 1.61 bits per heavy atom. The second kappa shape index (κ2) is 6.95. The molecule has 2 heterocycles. The van der Waals surface area contributed by atoms with Crippen LogP contribution in [0.25, 0.3) is 0 Å². The number of nitrogens with one attached hydrogen (secondary N) is 1. The van der Waals surface area contributed by atoms with Crippen molar-refractivity contribution in [2.24, 2.45) is 0 Å². The zero-order valence-corrected chi connectivity index (χ0v) is 14.9. The molecule has 23 heavy (non-hydrogen) atoms. The smallest absolute Gasteiger partial charge is 0.336 e. The van der Waals surface area contributed by atoms with Crippen molar-refractivity contribution in [2.75, 3.05) is 14.2 Å². The van der Waals surface area contributed by atoms with Gasteiger partial charge in [0.15, 0.2) is 0 Å². The van der Waals surface area contributed by atoms with E-state index in [1.165, 1.54) is 14.2 Å². The first-order chi connectivity index (χ1) is 10.9. The fourth-order valence-electron chi connectivity index (χ4n) is 2.65. The van der Waals surface area contributed by atoms with Crippen LogP contribution in [-0.2, 0) is 19.1 Å². The van der Waals surface area contributed by atoms with Crippen molar-refractivity contribution < 1.29 is 19.1 Å². The van der Waals surface area contributed by atoms with Crippen LogP contribution in [0.2, 0.25) is 0 Å². The SMILES string of the molecule is COC(=O)C1=C(C)NC(C)=C(C(=O)OC)C1c1ccc(Br)nc1. The highest BCUT2D eigenvalue weighted by Gasteiger charge is 2.37. The minimum absolute atomic E-state index is 0.364. The molecule has 7 heteroatoms. The molecular weight excluding hydrogens is 364 g/mol. The number of nitrogens with zero attached hydrogens (tertiary/aromatic N) is 1. The molecule has 0 saturated carbocycles. The number of dihydropyridines is 1. The van der Waals surface area contributed by atoms with E-state index in [-0.39, 0.29) is 0 Å². The Kier molecular flexibility index (Phi) is 5.20. The Morgan fingerprint density at radius 3 is 2.00 bits per heavy atom. The number of methoxy groups -OCH3 is 2. The molecule has 0 bridgehead atoms. The number of hydrogen-bond donors (Lipinski definition) is 1. The van der Waals surface area contributed by atoms with Gasteiger partial charge in [-0.1, -0.05) is 6.07 Å². The predicted molar refractivity (Wildman–Crippen MR) is 87.2 cm³/mol. The molecule has 0 aliphatic carbocycles. The molecule has 1 N–H and O–H groups in total. The summed E-state index contributed by atoms with van der Waals surface area (Å²) in [6, 6.07) is 3.56. The van der Waals surface area contributed by atoms with Crippen molar-refractivity contribution in [1.82, 2.24) is 10.3 Å². The number of halogens is 1. The average Bonchev–Trinajstić information content (AvgIpc) is 2.53. The fourth-order valence-corrected chi connectivity index (χ4v) is 2.88. The van der Waals surface area contributed by atoms with Gasteiger partial charge in [-0.05, 0) is 41.4 Å². The maximum atomic E-state index is 12.3. The number of carbonyl (C=O) groups is 2. The van der Waals surface area contributed by atoms with Gasteiger partial charge >= 0.3 is 11.9 Å². The molecule has 1 aliphatic rings. The van der Waals surface area contributed by atoms with Gasteiger partial charge in [-0.25, -0.2) is 14.6 Å². The quantitative estimate of drug-likeness (QED) is 0.640. The molecule has 122 valence electrons. The maximum absolute atomic E-state index is 12.3. The van der Waals surface area contributed by atoms with E-state index in [4.69, 9.17) is 9.47 Å². The van der Waals surface area contributed by atoms with Crippen molar-refractivity contribution in [3.63, 3.8) is 0 Å². The highest BCUT2D eigenvalue weighted by Crippen LogP contribution is 2.38. The monoisotopic (exact) mass is 380 g/mol. The number of allylic oxidation sites excluding steroid dienone is 2. The van der Waals surface area contributed by atoms with Crippen molar-refractivity contribution >= 4 is 27.9 Å². The van der Waals surface area contributed by atoms with E-state index in [9.17, 15) is 9.59 Å². The Balaban J connectivity index is 2.66. The Bertz CT molecular complexity index is 669. The lowest BCUT2D eigenvalue weighted by Crippen LogP contribution is -2.32. The van der Waals surface area contributed by atoms with Gasteiger partial charge in [0.2, 0.25) is 0 Å². The van der Waals surface area contributed by atoms with Crippen LogP contribution in [0.15, 0.2) is 45.5 Å². The first-order valence-corrected chi connectivity index (χ1v) is 7.66. The number of hydrogen-bond acceptors (Lipinski definition) is 6. The van der Waals surface area contributed by atoms with Gasteiger partial charge in [0.25, 0.3) is 0 Å². The Hall–Kier alpha value is -2.15. The zero-order chi connectivity index (χ0) is 17.1. The van der Waals surface area contributed by atoms with Gasteiger partial charge in [0.1, 0.15) is 4.60 Å². The molecule has 0 saturated heterocycles. The summed E-state index contributed by atoms with van der Waals surface area (Å²) < 4.78 is 10.4.